The SMILES string of the molecule is CN(C)[C@@H]1CCN(S(=O)(=O)c2ccccc2)C1. The largest absolute Gasteiger partial charge is 0.305 e. The van der Waals surface area contributed by atoms with Crippen molar-refractivity contribution in [3.05, 3.63) is 30.3 Å². The molecule has 0 spiro atoms. The Balaban J connectivity index is 2.19. The molecule has 17 heavy (non-hydrogen) atoms. The lowest BCUT2D eigenvalue weighted by Crippen LogP contribution is -2.34. The molecule has 0 unspecified atom stereocenters. The molecule has 1 atom stereocenters. The Morgan fingerprint density at radius 3 is 2.41 bits per heavy atom. The monoisotopic (exact) mass is 254 g/mol. The molecule has 1 aliphatic rings. The molecule has 1 aromatic rings. The lowest BCUT2D eigenvalue weighted by atomic mass is 10.2. The van der Waals surface area contributed by atoms with Gasteiger partial charge in [0.1, 0.15) is 0 Å². The van der Waals surface area contributed by atoms with Crippen molar-refractivity contribution in [1.82, 2.24) is 9.21 Å². The zero-order chi connectivity index (χ0) is 12.5. The summed E-state index contributed by atoms with van der Waals surface area (Å²) in [4.78, 5) is 2.47. The average Bonchev–Trinajstić information content (AvgIpc) is 2.80. The summed E-state index contributed by atoms with van der Waals surface area (Å²) in [6.45, 7) is 1.20. The van der Waals surface area contributed by atoms with E-state index in [0.29, 0.717) is 24.0 Å². The first-order valence-electron chi connectivity index (χ1n) is 5.73. The molecule has 1 heterocycles. The van der Waals surface area contributed by atoms with Gasteiger partial charge in [0, 0.05) is 19.1 Å². The summed E-state index contributed by atoms with van der Waals surface area (Å²) < 4.78 is 26.2. The lowest BCUT2D eigenvalue weighted by Gasteiger charge is -2.20. The van der Waals surface area contributed by atoms with E-state index in [1.807, 2.05) is 20.2 Å². The molecule has 1 aliphatic heterocycles. The third-order valence-electron chi connectivity index (χ3n) is 3.24. The Bertz CT molecular complexity index is 471. The predicted octanol–water partition coefficient (Wildman–Crippen LogP) is 1.01. The van der Waals surface area contributed by atoms with Gasteiger partial charge in [-0.3, -0.25) is 0 Å². The van der Waals surface area contributed by atoms with E-state index in [1.165, 1.54) is 0 Å². The number of benzene rings is 1. The van der Waals surface area contributed by atoms with Gasteiger partial charge in [-0.05, 0) is 32.6 Å². The molecule has 94 valence electrons. The van der Waals surface area contributed by atoms with Crippen molar-refractivity contribution in [1.29, 1.82) is 0 Å². The molecule has 1 saturated heterocycles. The molecule has 0 aliphatic carbocycles. The van der Waals surface area contributed by atoms with Crippen LogP contribution in [0.2, 0.25) is 0 Å². The van der Waals surface area contributed by atoms with Crippen molar-refractivity contribution in [2.75, 3.05) is 27.2 Å². The van der Waals surface area contributed by atoms with E-state index in [1.54, 1.807) is 28.6 Å². The molecular formula is C12H18N2O2S. The van der Waals surface area contributed by atoms with E-state index in [2.05, 4.69) is 4.90 Å². The Labute approximate surface area is 103 Å². The highest BCUT2D eigenvalue weighted by Gasteiger charge is 2.33. The molecule has 0 bridgehead atoms. The van der Waals surface area contributed by atoms with Crippen LogP contribution >= 0.6 is 0 Å². The van der Waals surface area contributed by atoms with Crippen molar-refractivity contribution in [2.45, 2.75) is 17.4 Å². The van der Waals surface area contributed by atoms with E-state index in [9.17, 15) is 8.42 Å². The first-order valence-corrected chi connectivity index (χ1v) is 7.17. The quantitative estimate of drug-likeness (QED) is 0.808. The normalized spacial score (nSPS) is 22.2. The maximum atomic E-state index is 12.3. The smallest absolute Gasteiger partial charge is 0.243 e. The van der Waals surface area contributed by atoms with Crippen molar-refractivity contribution in [3.8, 4) is 0 Å². The number of hydrogen-bond acceptors (Lipinski definition) is 3. The topological polar surface area (TPSA) is 40.6 Å². The Kier molecular flexibility index (Phi) is 3.51. The third-order valence-corrected chi connectivity index (χ3v) is 5.12. The minimum atomic E-state index is -3.30. The molecule has 1 aromatic carbocycles. The number of sulfonamides is 1. The van der Waals surface area contributed by atoms with Crippen LogP contribution < -0.4 is 0 Å². The number of likely N-dealkylation sites (N-methyl/N-ethyl adjacent to an activating group) is 1. The van der Waals surface area contributed by atoms with E-state index < -0.39 is 10.0 Å². The third kappa shape index (κ3) is 2.51. The van der Waals surface area contributed by atoms with Crippen LogP contribution in [-0.2, 0) is 10.0 Å². The van der Waals surface area contributed by atoms with Gasteiger partial charge < -0.3 is 4.90 Å². The van der Waals surface area contributed by atoms with E-state index >= 15 is 0 Å². The molecular weight excluding hydrogens is 236 g/mol. The fourth-order valence-electron chi connectivity index (χ4n) is 2.09. The Morgan fingerprint density at radius 1 is 1.24 bits per heavy atom. The van der Waals surface area contributed by atoms with Crippen LogP contribution in [0.4, 0.5) is 0 Å². The van der Waals surface area contributed by atoms with Crippen LogP contribution in [0, 0.1) is 0 Å². The number of hydrogen-bond donors (Lipinski definition) is 0. The second kappa shape index (κ2) is 4.76. The van der Waals surface area contributed by atoms with Crippen molar-refractivity contribution < 1.29 is 8.42 Å². The summed E-state index contributed by atoms with van der Waals surface area (Å²) in [5.74, 6) is 0. The highest BCUT2D eigenvalue weighted by atomic mass is 32.2. The zero-order valence-corrected chi connectivity index (χ0v) is 11.0. The number of rotatable bonds is 3. The zero-order valence-electron chi connectivity index (χ0n) is 10.2. The van der Waals surface area contributed by atoms with E-state index in [0.717, 1.165) is 6.42 Å². The van der Waals surface area contributed by atoms with Gasteiger partial charge in [-0.1, -0.05) is 18.2 Å². The first-order chi connectivity index (χ1) is 8.01. The minimum Gasteiger partial charge on any atom is -0.305 e. The van der Waals surface area contributed by atoms with Crippen LogP contribution in [0.5, 0.6) is 0 Å². The maximum absolute atomic E-state index is 12.3. The van der Waals surface area contributed by atoms with Gasteiger partial charge in [-0.15, -0.1) is 0 Å². The van der Waals surface area contributed by atoms with Gasteiger partial charge in [0.2, 0.25) is 10.0 Å². The van der Waals surface area contributed by atoms with Crippen molar-refractivity contribution in [3.63, 3.8) is 0 Å². The second-order valence-corrected chi connectivity index (χ2v) is 6.52. The average molecular weight is 254 g/mol. The summed E-state index contributed by atoms with van der Waals surface area (Å²) in [5.41, 5.74) is 0. The Morgan fingerprint density at radius 2 is 1.88 bits per heavy atom. The summed E-state index contributed by atoms with van der Waals surface area (Å²) >= 11 is 0. The van der Waals surface area contributed by atoms with Gasteiger partial charge in [0.15, 0.2) is 0 Å². The fraction of sp³-hybridized carbons (Fsp3) is 0.500. The highest BCUT2D eigenvalue weighted by molar-refractivity contribution is 7.89. The molecule has 1 fully saturated rings. The van der Waals surface area contributed by atoms with Crippen molar-refractivity contribution in [2.24, 2.45) is 0 Å². The first kappa shape index (κ1) is 12.5. The summed E-state index contributed by atoms with van der Waals surface area (Å²) in [6, 6.07) is 8.97. The molecule has 0 aromatic heterocycles. The standard InChI is InChI=1S/C12H18N2O2S/c1-13(2)11-8-9-14(10-11)17(15,16)12-6-4-3-5-7-12/h3-7,11H,8-10H2,1-2H3/t11-/m1/s1. The minimum absolute atomic E-state index is 0.327. The molecule has 0 saturated carbocycles. The maximum Gasteiger partial charge on any atom is 0.243 e. The Hall–Kier alpha value is -0.910. The van der Waals surface area contributed by atoms with Crippen LogP contribution in [0.3, 0.4) is 0 Å². The summed E-state index contributed by atoms with van der Waals surface area (Å²) in [7, 11) is 0.680. The number of nitrogens with zero attached hydrogens (tertiary/aromatic N) is 2. The molecule has 5 heteroatoms. The summed E-state index contributed by atoms with van der Waals surface area (Å²) in [6.07, 6.45) is 0.902. The molecule has 2 rings (SSSR count). The van der Waals surface area contributed by atoms with Gasteiger partial charge >= 0.3 is 0 Å². The van der Waals surface area contributed by atoms with Crippen LogP contribution in [0.1, 0.15) is 6.42 Å². The fourth-order valence-corrected chi connectivity index (χ4v) is 3.61. The summed E-state index contributed by atoms with van der Waals surface area (Å²) in [5, 5.41) is 0. The van der Waals surface area contributed by atoms with E-state index in [-0.39, 0.29) is 0 Å². The highest BCUT2D eigenvalue weighted by Crippen LogP contribution is 2.22. The van der Waals surface area contributed by atoms with Gasteiger partial charge in [0.25, 0.3) is 0 Å². The van der Waals surface area contributed by atoms with E-state index in [4.69, 9.17) is 0 Å². The molecule has 0 radical (unpaired) electrons. The van der Waals surface area contributed by atoms with Crippen LogP contribution in [0.15, 0.2) is 35.2 Å². The lowest BCUT2D eigenvalue weighted by molar-refractivity contribution is 0.302. The van der Waals surface area contributed by atoms with Gasteiger partial charge in [0.05, 0.1) is 4.90 Å². The van der Waals surface area contributed by atoms with Crippen LogP contribution in [0.25, 0.3) is 0 Å². The molecule has 0 amide bonds. The van der Waals surface area contributed by atoms with Gasteiger partial charge in [-0.2, -0.15) is 4.31 Å². The predicted molar refractivity (Wildman–Crippen MR) is 67.3 cm³/mol. The molecule has 0 N–H and O–H groups in total. The van der Waals surface area contributed by atoms with Crippen LogP contribution in [-0.4, -0.2) is 50.8 Å². The van der Waals surface area contributed by atoms with Gasteiger partial charge in [-0.25, -0.2) is 8.42 Å². The van der Waals surface area contributed by atoms with Crippen molar-refractivity contribution >= 4 is 10.0 Å². The molecule has 4 nitrogen and oxygen atoms in total. The second-order valence-electron chi connectivity index (χ2n) is 4.58.